The molecule has 124 valence electrons. The molecule has 0 aliphatic carbocycles. The van der Waals surface area contributed by atoms with Crippen molar-refractivity contribution in [1.82, 2.24) is 0 Å². The summed E-state index contributed by atoms with van der Waals surface area (Å²) in [6, 6.07) is 2.21. The summed E-state index contributed by atoms with van der Waals surface area (Å²) in [6.07, 6.45) is -6.48. The van der Waals surface area contributed by atoms with E-state index >= 15 is 0 Å². The number of aromatic hydroxyl groups is 1. The van der Waals surface area contributed by atoms with Gasteiger partial charge in [0.05, 0.1) is 7.11 Å². The van der Waals surface area contributed by atoms with Crippen LogP contribution in [0.4, 0.5) is 17.6 Å². The van der Waals surface area contributed by atoms with E-state index in [-0.39, 0.29) is 5.56 Å². The van der Waals surface area contributed by atoms with E-state index in [4.69, 9.17) is 9.47 Å². The van der Waals surface area contributed by atoms with E-state index in [1.807, 2.05) is 0 Å². The molecule has 8 heteroatoms. The Morgan fingerprint density at radius 1 is 1.32 bits per heavy atom. The molecule has 2 N–H and O–H groups in total. The predicted octanol–water partition coefficient (Wildman–Crippen LogP) is 2.93. The van der Waals surface area contributed by atoms with E-state index in [9.17, 15) is 27.8 Å². The average molecular weight is 324 g/mol. The van der Waals surface area contributed by atoms with Crippen molar-refractivity contribution in [3.63, 3.8) is 0 Å². The van der Waals surface area contributed by atoms with Crippen LogP contribution in [0.3, 0.4) is 0 Å². The minimum absolute atomic E-state index is 0.00535. The second-order valence-corrected chi connectivity index (χ2v) is 5.45. The van der Waals surface area contributed by atoms with Crippen LogP contribution in [0.25, 0.3) is 0 Å². The lowest BCUT2D eigenvalue weighted by Crippen LogP contribution is -2.46. The zero-order valence-corrected chi connectivity index (χ0v) is 12.1. The first-order valence-electron chi connectivity index (χ1n) is 6.52. The van der Waals surface area contributed by atoms with Gasteiger partial charge in [-0.1, -0.05) is 13.0 Å². The summed E-state index contributed by atoms with van der Waals surface area (Å²) in [7, 11) is 1.12. The van der Waals surface area contributed by atoms with Gasteiger partial charge in [0.2, 0.25) is 5.82 Å². The van der Waals surface area contributed by atoms with Gasteiger partial charge in [-0.25, -0.2) is 0 Å². The number of benzene rings is 1. The summed E-state index contributed by atoms with van der Waals surface area (Å²) in [6.45, 7) is 2.10. The summed E-state index contributed by atoms with van der Waals surface area (Å²) in [5.74, 6) is -4.55. The summed E-state index contributed by atoms with van der Waals surface area (Å²) >= 11 is 0. The lowest BCUT2D eigenvalue weighted by molar-refractivity contribution is -0.291. The number of methoxy groups -OCH3 is 1. The van der Waals surface area contributed by atoms with Gasteiger partial charge in [0.25, 0.3) is 0 Å². The van der Waals surface area contributed by atoms with Gasteiger partial charge in [-0.15, -0.1) is 0 Å². The van der Waals surface area contributed by atoms with Crippen LogP contribution in [0.5, 0.6) is 11.5 Å². The molecule has 0 spiro atoms. The van der Waals surface area contributed by atoms with Crippen molar-refractivity contribution >= 4 is 0 Å². The number of hydrogen-bond acceptors (Lipinski definition) is 4. The van der Waals surface area contributed by atoms with Crippen LogP contribution in [0.2, 0.25) is 0 Å². The highest BCUT2D eigenvalue weighted by Crippen LogP contribution is 2.54. The molecule has 1 heterocycles. The molecule has 1 fully saturated rings. The van der Waals surface area contributed by atoms with Crippen molar-refractivity contribution in [2.24, 2.45) is 5.92 Å². The molecule has 1 aliphatic heterocycles. The first-order valence-corrected chi connectivity index (χ1v) is 6.52. The van der Waals surface area contributed by atoms with Crippen molar-refractivity contribution in [3.05, 3.63) is 23.5 Å². The van der Waals surface area contributed by atoms with Gasteiger partial charge >= 0.3 is 6.18 Å². The molecule has 4 atom stereocenters. The highest BCUT2D eigenvalue weighted by Gasteiger charge is 2.64. The zero-order chi connectivity index (χ0) is 16.9. The van der Waals surface area contributed by atoms with E-state index in [0.29, 0.717) is 0 Å². The zero-order valence-electron chi connectivity index (χ0n) is 12.1. The number of hydrogen-bond donors (Lipinski definition) is 2. The highest BCUT2D eigenvalue weighted by molar-refractivity contribution is 5.45. The smallest absolute Gasteiger partial charge is 0.417 e. The molecule has 1 aliphatic rings. The van der Waals surface area contributed by atoms with Crippen molar-refractivity contribution < 1.29 is 37.2 Å². The van der Waals surface area contributed by atoms with Crippen molar-refractivity contribution in [2.45, 2.75) is 37.8 Å². The minimum Gasteiger partial charge on any atom is -0.505 e. The van der Waals surface area contributed by atoms with Crippen LogP contribution in [-0.2, 0) is 4.74 Å². The summed E-state index contributed by atoms with van der Waals surface area (Å²) in [4.78, 5) is 0. The van der Waals surface area contributed by atoms with Gasteiger partial charge in [-0.05, 0) is 13.0 Å². The van der Waals surface area contributed by atoms with Crippen LogP contribution in [0.15, 0.2) is 12.1 Å². The minimum atomic E-state index is -4.70. The van der Waals surface area contributed by atoms with Crippen LogP contribution in [0.1, 0.15) is 25.3 Å². The number of alkyl halides is 3. The Balaban J connectivity index is 2.53. The largest absolute Gasteiger partial charge is 0.505 e. The number of phenolic OH excluding ortho intramolecular Hbond substituents is 1. The van der Waals surface area contributed by atoms with Crippen LogP contribution < -0.4 is 4.74 Å². The maximum atomic E-state index is 13.9. The van der Waals surface area contributed by atoms with E-state index in [2.05, 4.69) is 0 Å². The van der Waals surface area contributed by atoms with Gasteiger partial charge in [0.15, 0.2) is 23.4 Å². The summed E-state index contributed by atoms with van der Waals surface area (Å²) in [5, 5.41) is 19.3. The first-order chi connectivity index (χ1) is 10.0. The molecule has 2 rings (SSSR count). The normalized spacial score (nSPS) is 32.3. The fraction of sp³-hybridized carbons (Fsp3) is 0.571. The molecular formula is C14H16F4O4. The summed E-state index contributed by atoms with van der Waals surface area (Å²) in [5.41, 5.74) is -2.57. The maximum absolute atomic E-state index is 13.9. The fourth-order valence-corrected chi connectivity index (χ4v) is 2.80. The van der Waals surface area contributed by atoms with Crippen molar-refractivity contribution in [1.29, 1.82) is 0 Å². The third kappa shape index (κ3) is 2.30. The number of ether oxygens (including phenoxy) is 2. The molecule has 0 saturated carbocycles. The van der Waals surface area contributed by atoms with E-state index in [1.165, 1.54) is 13.0 Å². The number of halogens is 4. The standard InChI is InChI=1S/C14H16F4O4/c1-6-9(12(20)22-13(6,2)14(16,17)18)7-4-5-8(19)10(15)11(7)21-3/h4-6,9,12,19-20H,1-3H3. The van der Waals surface area contributed by atoms with Gasteiger partial charge in [-0.2, -0.15) is 17.6 Å². The number of phenols is 1. The Bertz CT molecular complexity index is 575. The molecular weight excluding hydrogens is 308 g/mol. The number of rotatable bonds is 2. The second-order valence-electron chi connectivity index (χ2n) is 5.45. The Hall–Kier alpha value is -1.54. The molecule has 1 saturated heterocycles. The Morgan fingerprint density at radius 2 is 1.91 bits per heavy atom. The van der Waals surface area contributed by atoms with Crippen molar-refractivity contribution in [2.75, 3.05) is 7.11 Å². The lowest BCUT2D eigenvalue weighted by atomic mass is 9.79. The van der Waals surface area contributed by atoms with Crippen molar-refractivity contribution in [3.8, 4) is 11.5 Å². The third-order valence-electron chi connectivity index (χ3n) is 4.31. The Kier molecular flexibility index (Phi) is 4.03. The topological polar surface area (TPSA) is 58.9 Å². The van der Waals surface area contributed by atoms with E-state index < -0.39 is 47.2 Å². The van der Waals surface area contributed by atoms with E-state index in [0.717, 1.165) is 20.1 Å². The monoisotopic (exact) mass is 324 g/mol. The third-order valence-corrected chi connectivity index (χ3v) is 4.31. The molecule has 0 radical (unpaired) electrons. The summed E-state index contributed by atoms with van der Waals surface area (Å²) < 4.78 is 63.1. The Morgan fingerprint density at radius 3 is 2.36 bits per heavy atom. The van der Waals surface area contributed by atoms with Crippen LogP contribution in [-0.4, -0.2) is 35.4 Å². The van der Waals surface area contributed by atoms with Crippen LogP contribution in [0, 0.1) is 11.7 Å². The van der Waals surface area contributed by atoms with Gasteiger partial charge in [-0.3, -0.25) is 0 Å². The lowest BCUT2D eigenvalue weighted by Gasteiger charge is -2.31. The average Bonchev–Trinajstić information content (AvgIpc) is 2.64. The second kappa shape index (κ2) is 5.27. The maximum Gasteiger partial charge on any atom is 0.417 e. The number of aliphatic hydroxyl groups is 1. The van der Waals surface area contributed by atoms with E-state index in [1.54, 1.807) is 0 Å². The van der Waals surface area contributed by atoms with Gasteiger partial charge in [0.1, 0.15) is 0 Å². The highest BCUT2D eigenvalue weighted by atomic mass is 19.4. The van der Waals surface area contributed by atoms with Gasteiger partial charge in [0, 0.05) is 17.4 Å². The number of aliphatic hydroxyl groups excluding tert-OH is 1. The van der Waals surface area contributed by atoms with Crippen LogP contribution >= 0.6 is 0 Å². The molecule has 4 unspecified atom stereocenters. The predicted molar refractivity (Wildman–Crippen MR) is 68.1 cm³/mol. The molecule has 1 aromatic carbocycles. The quantitative estimate of drug-likeness (QED) is 0.821. The first kappa shape index (κ1) is 16.8. The molecule has 0 aromatic heterocycles. The fourth-order valence-electron chi connectivity index (χ4n) is 2.80. The molecule has 1 aromatic rings. The Labute approximate surface area is 124 Å². The SMILES string of the molecule is COc1c(C2C(O)OC(C)(C(F)(F)F)C2C)ccc(O)c1F. The molecule has 0 bridgehead atoms. The van der Waals surface area contributed by atoms with Gasteiger partial charge < -0.3 is 19.7 Å². The molecule has 22 heavy (non-hydrogen) atoms. The molecule has 0 amide bonds. The molecule has 4 nitrogen and oxygen atoms in total.